The summed E-state index contributed by atoms with van der Waals surface area (Å²) in [5.74, 6) is -1.06. The van der Waals surface area contributed by atoms with Gasteiger partial charge in [0.05, 0.1) is 6.04 Å². The maximum atomic E-state index is 13.7. The molecule has 2 aromatic rings. The van der Waals surface area contributed by atoms with E-state index >= 15 is 0 Å². The fourth-order valence-electron chi connectivity index (χ4n) is 2.32. The smallest absolute Gasteiger partial charge is 0.131 e. The van der Waals surface area contributed by atoms with E-state index < -0.39 is 17.7 Å². The molecule has 1 unspecified atom stereocenters. The Balaban J connectivity index is 2.11. The Morgan fingerprint density at radius 2 is 1.57 bits per heavy atom. The third-order valence-corrected chi connectivity index (χ3v) is 3.27. The molecule has 0 aliphatic heterocycles. The molecule has 0 aliphatic carbocycles. The molecule has 0 saturated carbocycles. The number of nitrogens with one attached hydrogen (secondary N) is 1. The molecule has 0 spiro atoms. The van der Waals surface area contributed by atoms with Gasteiger partial charge in [-0.1, -0.05) is 18.2 Å². The van der Waals surface area contributed by atoms with Gasteiger partial charge in [0, 0.05) is 17.8 Å². The van der Waals surface area contributed by atoms with Crippen LogP contribution in [-0.2, 0) is 6.54 Å². The summed E-state index contributed by atoms with van der Waals surface area (Å²) in [4.78, 5) is 2.08. The Bertz CT molecular complexity index is 574. The van der Waals surface area contributed by atoms with Crippen LogP contribution in [0.3, 0.4) is 0 Å². The summed E-state index contributed by atoms with van der Waals surface area (Å²) in [7, 11) is 4.02. The lowest BCUT2D eigenvalue weighted by Crippen LogP contribution is -2.12. The number of nitrogens with zero attached hydrogens (tertiary/aromatic N) is 1. The highest BCUT2D eigenvalue weighted by molar-refractivity contribution is 5.47. The molecule has 0 amide bonds. The van der Waals surface area contributed by atoms with Crippen molar-refractivity contribution in [1.82, 2.24) is 4.90 Å². The Hall–Kier alpha value is -1.94. The normalized spacial score (nSPS) is 12.5. The van der Waals surface area contributed by atoms with Gasteiger partial charge in [-0.15, -0.1) is 0 Å². The first-order valence-electron chi connectivity index (χ1n) is 6.91. The Labute approximate surface area is 124 Å². The lowest BCUT2D eigenvalue weighted by Gasteiger charge is -2.17. The average Bonchev–Trinajstić information content (AvgIpc) is 2.40. The molecular formula is C17H20F2N2. The van der Waals surface area contributed by atoms with Crippen LogP contribution >= 0.6 is 0 Å². The van der Waals surface area contributed by atoms with Crippen LogP contribution in [0.5, 0.6) is 0 Å². The summed E-state index contributed by atoms with van der Waals surface area (Å²) in [6.07, 6.45) is 0. The summed E-state index contributed by atoms with van der Waals surface area (Å²) in [6, 6.07) is 11.3. The van der Waals surface area contributed by atoms with Crippen molar-refractivity contribution in [2.24, 2.45) is 0 Å². The molecule has 21 heavy (non-hydrogen) atoms. The summed E-state index contributed by atoms with van der Waals surface area (Å²) < 4.78 is 27.5. The van der Waals surface area contributed by atoms with Gasteiger partial charge in [-0.25, -0.2) is 8.78 Å². The van der Waals surface area contributed by atoms with Crippen LogP contribution in [0.2, 0.25) is 0 Å². The zero-order valence-electron chi connectivity index (χ0n) is 12.5. The van der Waals surface area contributed by atoms with Gasteiger partial charge in [0.1, 0.15) is 11.6 Å². The van der Waals surface area contributed by atoms with Crippen molar-refractivity contribution in [1.29, 1.82) is 0 Å². The maximum absolute atomic E-state index is 13.7. The second-order valence-corrected chi connectivity index (χ2v) is 5.44. The van der Waals surface area contributed by atoms with Gasteiger partial charge in [-0.05, 0) is 50.8 Å². The average molecular weight is 290 g/mol. The minimum Gasteiger partial charge on any atom is -0.378 e. The third kappa shape index (κ3) is 4.02. The number of hydrogen-bond acceptors (Lipinski definition) is 2. The molecule has 2 aromatic carbocycles. The molecule has 0 radical (unpaired) electrons. The quantitative estimate of drug-likeness (QED) is 0.888. The first-order chi connectivity index (χ1) is 9.97. The molecule has 0 heterocycles. The zero-order valence-corrected chi connectivity index (χ0v) is 12.5. The van der Waals surface area contributed by atoms with Crippen LogP contribution in [0, 0.1) is 11.6 Å². The SMILES string of the molecule is CC(Nc1ccc(CN(C)C)cc1)c1c(F)cccc1F. The lowest BCUT2D eigenvalue weighted by molar-refractivity contribution is 0.402. The van der Waals surface area contributed by atoms with Crippen LogP contribution in [0.15, 0.2) is 42.5 Å². The van der Waals surface area contributed by atoms with E-state index in [1.54, 1.807) is 6.92 Å². The van der Waals surface area contributed by atoms with Crippen LogP contribution in [-0.4, -0.2) is 19.0 Å². The number of halogens is 2. The van der Waals surface area contributed by atoms with Crippen LogP contribution < -0.4 is 5.32 Å². The Kier molecular flexibility index (Phi) is 4.91. The number of hydrogen-bond donors (Lipinski definition) is 1. The van der Waals surface area contributed by atoms with E-state index in [-0.39, 0.29) is 5.56 Å². The summed E-state index contributed by atoms with van der Waals surface area (Å²) >= 11 is 0. The summed E-state index contributed by atoms with van der Waals surface area (Å²) in [5, 5.41) is 3.13. The zero-order chi connectivity index (χ0) is 15.4. The van der Waals surface area contributed by atoms with Crippen LogP contribution in [0.1, 0.15) is 24.1 Å². The van der Waals surface area contributed by atoms with Crippen molar-refractivity contribution >= 4 is 5.69 Å². The predicted octanol–water partition coefficient (Wildman–Crippen LogP) is 4.20. The lowest BCUT2D eigenvalue weighted by atomic mass is 10.1. The first-order valence-corrected chi connectivity index (χ1v) is 6.91. The Morgan fingerprint density at radius 1 is 1.00 bits per heavy atom. The van der Waals surface area contributed by atoms with Gasteiger partial charge in [0.2, 0.25) is 0 Å². The molecule has 1 N–H and O–H groups in total. The highest BCUT2D eigenvalue weighted by atomic mass is 19.1. The van der Waals surface area contributed by atoms with E-state index in [4.69, 9.17) is 0 Å². The van der Waals surface area contributed by atoms with Crippen molar-refractivity contribution in [2.45, 2.75) is 19.5 Å². The van der Waals surface area contributed by atoms with Gasteiger partial charge in [-0.2, -0.15) is 0 Å². The van der Waals surface area contributed by atoms with Gasteiger partial charge in [-0.3, -0.25) is 0 Å². The molecule has 4 heteroatoms. The van der Waals surface area contributed by atoms with Crippen molar-refractivity contribution in [3.63, 3.8) is 0 Å². The predicted molar refractivity (Wildman–Crippen MR) is 82.2 cm³/mol. The number of rotatable bonds is 5. The highest BCUT2D eigenvalue weighted by Crippen LogP contribution is 2.24. The fourth-order valence-corrected chi connectivity index (χ4v) is 2.32. The second-order valence-electron chi connectivity index (χ2n) is 5.44. The third-order valence-electron chi connectivity index (χ3n) is 3.27. The molecule has 2 nitrogen and oxygen atoms in total. The molecule has 2 rings (SSSR count). The maximum Gasteiger partial charge on any atom is 0.131 e. The van der Waals surface area contributed by atoms with E-state index in [0.29, 0.717) is 0 Å². The summed E-state index contributed by atoms with van der Waals surface area (Å²) in [5.41, 5.74) is 2.10. The minimum absolute atomic E-state index is 0.0647. The van der Waals surface area contributed by atoms with Crippen LogP contribution in [0.25, 0.3) is 0 Å². The summed E-state index contributed by atoms with van der Waals surface area (Å²) in [6.45, 7) is 2.60. The molecule has 1 atom stereocenters. The largest absolute Gasteiger partial charge is 0.378 e. The topological polar surface area (TPSA) is 15.3 Å². The second kappa shape index (κ2) is 6.68. The molecule has 0 saturated heterocycles. The van der Waals surface area contributed by atoms with Gasteiger partial charge in [0.15, 0.2) is 0 Å². The number of anilines is 1. The fraction of sp³-hybridized carbons (Fsp3) is 0.294. The minimum atomic E-state index is -0.528. The molecule has 0 bridgehead atoms. The van der Waals surface area contributed by atoms with Gasteiger partial charge >= 0.3 is 0 Å². The molecule has 0 fully saturated rings. The van der Waals surface area contributed by atoms with Crippen molar-refractivity contribution in [2.75, 3.05) is 19.4 Å². The molecule has 112 valence electrons. The highest BCUT2D eigenvalue weighted by Gasteiger charge is 2.15. The van der Waals surface area contributed by atoms with E-state index in [1.165, 1.54) is 23.8 Å². The van der Waals surface area contributed by atoms with Crippen molar-refractivity contribution in [3.8, 4) is 0 Å². The van der Waals surface area contributed by atoms with E-state index in [2.05, 4.69) is 10.2 Å². The van der Waals surface area contributed by atoms with E-state index in [0.717, 1.165) is 12.2 Å². The monoisotopic (exact) mass is 290 g/mol. The molecule has 0 aliphatic rings. The first kappa shape index (κ1) is 15.4. The number of benzene rings is 2. The van der Waals surface area contributed by atoms with Crippen molar-refractivity contribution in [3.05, 3.63) is 65.2 Å². The standard InChI is InChI=1S/C17H20F2N2/c1-12(17-15(18)5-4-6-16(17)19)20-14-9-7-13(8-10-14)11-21(2)3/h4-10,12,20H,11H2,1-3H3. The molecule has 0 aromatic heterocycles. The van der Waals surface area contributed by atoms with E-state index in [9.17, 15) is 8.78 Å². The van der Waals surface area contributed by atoms with Crippen LogP contribution in [0.4, 0.5) is 14.5 Å². The van der Waals surface area contributed by atoms with Gasteiger partial charge in [0.25, 0.3) is 0 Å². The van der Waals surface area contributed by atoms with Gasteiger partial charge < -0.3 is 10.2 Å². The van der Waals surface area contributed by atoms with Crippen molar-refractivity contribution < 1.29 is 8.78 Å². The Morgan fingerprint density at radius 3 is 2.10 bits per heavy atom. The van der Waals surface area contributed by atoms with E-state index in [1.807, 2.05) is 38.4 Å². The molecular weight excluding hydrogens is 270 g/mol.